The van der Waals surface area contributed by atoms with Crippen molar-refractivity contribution in [3.63, 3.8) is 0 Å². The molecule has 1 amide bonds. The number of aromatic nitrogens is 2. The van der Waals surface area contributed by atoms with Crippen LogP contribution >= 0.6 is 0 Å². The highest BCUT2D eigenvalue weighted by atomic mass is 16.1. The Morgan fingerprint density at radius 1 is 1.75 bits per heavy atom. The highest BCUT2D eigenvalue weighted by molar-refractivity contribution is 5.76. The van der Waals surface area contributed by atoms with Gasteiger partial charge in [-0.2, -0.15) is 0 Å². The van der Waals surface area contributed by atoms with Gasteiger partial charge >= 0.3 is 0 Å². The minimum Gasteiger partial charge on any atom is -0.349 e. The van der Waals surface area contributed by atoms with E-state index in [9.17, 15) is 4.79 Å². The van der Waals surface area contributed by atoms with Crippen molar-refractivity contribution in [2.24, 2.45) is 7.05 Å². The first-order chi connectivity index (χ1) is 7.75. The first-order valence-corrected chi connectivity index (χ1v) is 5.72. The number of imidazole rings is 1. The summed E-state index contributed by atoms with van der Waals surface area (Å²) < 4.78 is 1.91. The second-order valence-corrected chi connectivity index (χ2v) is 4.23. The molecule has 1 aliphatic heterocycles. The molecule has 1 atom stereocenters. The van der Waals surface area contributed by atoms with Crippen LogP contribution in [0.3, 0.4) is 0 Å². The van der Waals surface area contributed by atoms with Crippen LogP contribution in [0.2, 0.25) is 0 Å². The van der Waals surface area contributed by atoms with Gasteiger partial charge in [0.2, 0.25) is 5.91 Å². The van der Waals surface area contributed by atoms with Gasteiger partial charge in [0.1, 0.15) is 5.82 Å². The van der Waals surface area contributed by atoms with E-state index < -0.39 is 0 Å². The van der Waals surface area contributed by atoms with Crippen LogP contribution in [0, 0.1) is 0 Å². The topological polar surface area (TPSA) is 59.0 Å². The normalized spacial score (nSPS) is 19.9. The average Bonchev–Trinajstić information content (AvgIpc) is 2.87. The number of nitrogens with zero attached hydrogens (tertiary/aromatic N) is 2. The Labute approximate surface area is 95.2 Å². The molecule has 1 fully saturated rings. The molecule has 0 bridgehead atoms. The highest BCUT2D eigenvalue weighted by Crippen LogP contribution is 2.08. The Hall–Kier alpha value is -1.36. The van der Waals surface area contributed by atoms with Crippen LogP contribution in [0.25, 0.3) is 0 Å². The number of hydrogen-bond donors (Lipinski definition) is 2. The van der Waals surface area contributed by atoms with E-state index in [0.717, 1.165) is 18.8 Å². The smallest absolute Gasteiger partial charge is 0.221 e. The molecule has 1 saturated heterocycles. The summed E-state index contributed by atoms with van der Waals surface area (Å²) in [7, 11) is 1.92. The lowest BCUT2D eigenvalue weighted by Gasteiger charge is -2.10. The summed E-state index contributed by atoms with van der Waals surface area (Å²) in [6.45, 7) is 1.55. The first-order valence-electron chi connectivity index (χ1n) is 5.72. The quantitative estimate of drug-likeness (QED) is 0.764. The van der Waals surface area contributed by atoms with Gasteiger partial charge in [0, 0.05) is 31.9 Å². The summed E-state index contributed by atoms with van der Waals surface area (Å²) in [6, 6.07) is 0.362. The zero-order valence-electron chi connectivity index (χ0n) is 9.57. The molecule has 0 radical (unpaired) electrons. The molecule has 0 aliphatic carbocycles. The van der Waals surface area contributed by atoms with Gasteiger partial charge in [-0.15, -0.1) is 0 Å². The number of hydrogen-bond acceptors (Lipinski definition) is 3. The predicted octanol–water partition coefficient (Wildman–Crippen LogP) is 0.178. The van der Waals surface area contributed by atoms with Gasteiger partial charge in [-0.3, -0.25) is 4.79 Å². The Bertz CT molecular complexity index is 355. The molecule has 5 nitrogen and oxygen atoms in total. The molecule has 88 valence electrons. The number of carbonyl (C=O) groups is 1. The fourth-order valence-corrected chi connectivity index (χ4v) is 1.97. The maximum absolute atomic E-state index is 11.6. The van der Waals surface area contributed by atoms with E-state index in [2.05, 4.69) is 15.6 Å². The first kappa shape index (κ1) is 11.1. The number of amides is 1. The third kappa shape index (κ3) is 2.82. The van der Waals surface area contributed by atoms with Crippen LogP contribution in [-0.2, 0) is 18.4 Å². The molecule has 2 N–H and O–H groups in total. The number of carbonyl (C=O) groups excluding carboxylic acids is 1. The molecule has 1 aromatic rings. The minimum atomic E-state index is 0.0994. The van der Waals surface area contributed by atoms with Crippen LogP contribution in [0.15, 0.2) is 12.4 Å². The predicted molar refractivity (Wildman–Crippen MR) is 60.7 cm³/mol. The van der Waals surface area contributed by atoms with Crippen molar-refractivity contribution in [1.82, 2.24) is 20.2 Å². The lowest BCUT2D eigenvalue weighted by molar-refractivity contribution is -0.121. The molecule has 1 aliphatic rings. The van der Waals surface area contributed by atoms with Crippen LogP contribution in [0.5, 0.6) is 0 Å². The molecule has 1 unspecified atom stereocenters. The van der Waals surface area contributed by atoms with Crippen molar-refractivity contribution in [2.75, 3.05) is 6.54 Å². The second-order valence-electron chi connectivity index (χ2n) is 4.23. The maximum Gasteiger partial charge on any atom is 0.221 e. The molecule has 16 heavy (non-hydrogen) atoms. The van der Waals surface area contributed by atoms with Crippen LogP contribution in [0.4, 0.5) is 0 Å². The van der Waals surface area contributed by atoms with Gasteiger partial charge < -0.3 is 15.2 Å². The van der Waals surface area contributed by atoms with E-state index in [4.69, 9.17) is 0 Å². The van der Waals surface area contributed by atoms with Gasteiger partial charge in [-0.05, 0) is 19.4 Å². The number of nitrogens with one attached hydrogen (secondary N) is 2. The SMILES string of the molecule is Cn1ccnc1CNC(=O)CC1CCCN1. The Balaban J connectivity index is 1.73. The van der Waals surface area contributed by atoms with Crippen molar-refractivity contribution >= 4 is 5.91 Å². The van der Waals surface area contributed by atoms with Crippen LogP contribution in [0.1, 0.15) is 25.1 Å². The van der Waals surface area contributed by atoms with Gasteiger partial charge in [0.15, 0.2) is 0 Å². The summed E-state index contributed by atoms with van der Waals surface area (Å²) in [5.41, 5.74) is 0. The Morgan fingerprint density at radius 3 is 3.25 bits per heavy atom. The second kappa shape index (κ2) is 5.12. The average molecular weight is 222 g/mol. The summed E-state index contributed by atoms with van der Waals surface area (Å²) in [4.78, 5) is 15.8. The zero-order valence-corrected chi connectivity index (χ0v) is 9.57. The summed E-state index contributed by atoms with van der Waals surface area (Å²) >= 11 is 0. The van der Waals surface area contributed by atoms with Crippen molar-refractivity contribution in [3.05, 3.63) is 18.2 Å². The molecule has 1 aromatic heterocycles. The molecular weight excluding hydrogens is 204 g/mol. The van der Waals surface area contributed by atoms with E-state index in [1.165, 1.54) is 6.42 Å². The molecule has 0 aromatic carbocycles. The van der Waals surface area contributed by atoms with E-state index in [1.54, 1.807) is 6.20 Å². The maximum atomic E-state index is 11.6. The lowest BCUT2D eigenvalue weighted by Crippen LogP contribution is -2.32. The van der Waals surface area contributed by atoms with E-state index in [-0.39, 0.29) is 5.91 Å². The third-order valence-electron chi connectivity index (χ3n) is 2.96. The minimum absolute atomic E-state index is 0.0994. The van der Waals surface area contributed by atoms with Gasteiger partial charge in [-0.1, -0.05) is 0 Å². The summed E-state index contributed by atoms with van der Waals surface area (Å²) in [5.74, 6) is 0.982. The van der Waals surface area contributed by atoms with E-state index >= 15 is 0 Å². The largest absolute Gasteiger partial charge is 0.349 e. The van der Waals surface area contributed by atoms with Gasteiger partial charge in [0.25, 0.3) is 0 Å². The number of rotatable bonds is 4. The molecule has 2 rings (SSSR count). The zero-order chi connectivity index (χ0) is 11.4. The van der Waals surface area contributed by atoms with Gasteiger partial charge in [-0.25, -0.2) is 4.98 Å². The summed E-state index contributed by atoms with van der Waals surface area (Å²) in [6.07, 6.45) is 6.47. The third-order valence-corrected chi connectivity index (χ3v) is 2.96. The highest BCUT2D eigenvalue weighted by Gasteiger charge is 2.17. The van der Waals surface area contributed by atoms with E-state index in [1.807, 2.05) is 17.8 Å². The van der Waals surface area contributed by atoms with Crippen molar-refractivity contribution < 1.29 is 4.79 Å². The van der Waals surface area contributed by atoms with Crippen LogP contribution < -0.4 is 10.6 Å². The fraction of sp³-hybridized carbons (Fsp3) is 0.636. The molecular formula is C11H18N4O. The van der Waals surface area contributed by atoms with Crippen molar-refractivity contribution in [2.45, 2.75) is 31.8 Å². The molecule has 0 spiro atoms. The molecule has 5 heteroatoms. The van der Waals surface area contributed by atoms with E-state index in [0.29, 0.717) is 19.0 Å². The van der Waals surface area contributed by atoms with Gasteiger partial charge in [0.05, 0.1) is 6.54 Å². The lowest BCUT2D eigenvalue weighted by atomic mass is 10.1. The van der Waals surface area contributed by atoms with Crippen molar-refractivity contribution in [1.29, 1.82) is 0 Å². The Kier molecular flexibility index (Phi) is 3.56. The van der Waals surface area contributed by atoms with Crippen molar-refractivity contribution in [3.8, 4) is 0 Å². The molecule has 2 heterocycles. The fourth-order valence-electron chi connectivity index (χ4n) is 1.97. The Morgan fingerprint density at radius 2 is 2.62 bits per heavy atom. The van der Waals surface area contributed by atoms with Crippen LogP contribution in [-0.4, -0.2) is 28.0 Å². The molecule has 0 saturated carbocycles. The monoisotopic (exact) mass is 222 g/mol. The summed E-state index contributed by atoms with van der Waals surface area (Å²) in [5, 5.41) is 6.20. The number of aryl methyl sites for hydroxylation is 1. The standard InChI is InChI=1S/C11H18N4O/c1-15-6-5-13-10(15)8-14-11(16)7-9-3-2-4-12-9/h5-6,9,12H,2-4,7-8H2,1H3,(H,14,16).